The number of halogens is 2. The zero-order valence-corrected chi connectivity index (χ0v) is 19.1. The van der Waals surface area contributed by atoms with Crippen LogP contribution in [0.2, 0.25) is 5.02 Å². The van der Waals surface area contributed by atoms with Gasteiger partial charge in [0.05, 0.1) is 16.5 Å². The van der Waals surface area contributed by atoms with Gasteiger partial charge in [0, 0.05) is 10.2 Å². The van der Waals surface area contributed by atoms with E-state index in [4.69, 9.17) is 16.3 Å². The molecule has 0 atom stereocenters. The molecule has 1 aliphatic heterocycles. The summed E-state index contributed by atoms with van der Waals surface area (Å²) in [5, 5.41) is 2.58. The van der Waals surface area contributed by atoms with Gasteiger partial charge < -0.3 is 10.1 Å². The maximum Gasteiger partial charge on any atom is 0.294 e. The number of thioether (sulfide) groups is 1. The molecule has 2 aromatic carbocycles. The van der Waals surface area contributed by atoms with Gasteiger partial charge in [0.1, 0.15) is 12.3 Å². The number of carbonyl (C=O) groups excluding carboxylic acids is 3. The molecule has 156 valence electrons. The Morgan fingerprint density at radius 2 is 1.97 bits per heavy atom. The molecule has 1 aliphatic rings. The Morgan fingerprint density at radius 1 is 1.23 bits per heavy atom. The number of rotatable bonds is 7. The van der Waals surface area contributed by atoms with Crippen molar-refractivity contribution >= 4 is 68.1 Å². The van der Waals surface area contributed by atoms with Crippen molar-refractivity contribution in [2.24, 2.45) is 0 Å². The van der Waals surface area contributed by atoms with Crippen LogP contribution in [0.3, 0.4) is 0 Å². The van der Waals surface area contributed by atoms with Crippen molar-refractivity contribution in [3.8, 4) is 5.75 Å². The van der Waals surface area contributed by atoms with E-state index in [1.54, 1.807) is 24.3 Å². The van der Waals surface area contributed by atoms with Crippen LogP contribution in [0.5, 0.6) is 5.75 Å². The highest BCUT2D eigenvalue weighted by Gasteiger charge is 2.36. The van der Waals surface area contributed by atoms with Crippen molar-refractivity contribution < 1.29 is 19.1 Å². The Morgan fingerprint density at radius 3 is 2.63 bits per heavy atom. The van der Waals surface area contributed by atoms with Gasteiger partial charge in [0.2, 0.25) is 5.91 Å². The highest BCUT2D eigenvalue weighted by molar-refractivity contribution is 9.10. The summed E-state index contributed by atoms with van der Waals surface area (Å²) < 4.78 is 6.23. The van der Waals surface area contributed by atoms with Gasteiger partial charge in [-0.05, 0) is 76.1 Å². The lowest BCUT2D eigenvalue weighted by Crippen LogP contribution is -2.36. The molecule has 0 bridgehead atoms. The molecule has 0 spiro atoms. The van der Waals surface area contributed by atoms with Crippen molar-refractivity contribution in [3.63, 3.8) is 0 Å². The van der Waals surface area contributed by atoms with Crippen molar-refractivity contribution in [2.45, 2.75) is 13.3 Å². The number of nitrogens with one attached hydrogen (secondary N) is 1. The number of amides is 3. The lowest BCUT2D eigenvalue weighted by molar-refractivity contribution is -0.127. The second kappa shape index (κ2) is 10.1. The van der Waals surface area contributed by atoms with Crippen molar-refractivity contribution in [1.29, 1.82) is 0 Å². The van der Waals surface area contributed by atoms with Crippen LogP contribution in [0.15, 0.2) is 51.8 Å². The largest absolute Gasteiger partial charge is 0.494 e. The summed E-state index contributed by atoms with van der Waals surface area (Å²) in [6.45, 7) is 2.28. The van der Waals surface area contributed by atoms with Gasteiger partial charge in [-0.3, -0.25) is 19.3 Å². The lowest BCUT2D eigenvalue weighted by atomic mass is 10.2. The monoisotopic (exact) mass is 508 g/mol. The van der Waals surface area contributed by atoms with E-state index >= 15 is 0 Å². The third kappa shape index (κ3) is 5.65. The van der Waals surface area contributed by atoms with E-state index in [2.05, 4.69) is 21.2 Å². The maximum atomic E-state index is 12.6. The molecule has 1 heterocycles. The summed E-state index contributed by atoms with van der Waals surface area (Å²) in [6.07, 6.45) is 2.54. The summed E-state index contributed by atoms with van der Waals surface area (Å²) in [5.41, 5.74) is 1.24. The van der Waals surface area contributed by atoms with E-state index in [0.29, 0.717) is 21.8 Å². The summed E-state index contributed by atoms with van der Waals surface area (Å²) >= 11 is 10.1. The SMILES string of the molecule is CCCOc1ccc(/C=C2\SC(=O)N(CC(=O)Nc3ccc(Br)c(Cl)c3)C2=O)cc1. The Balaban J connectivity index is 1.64. The van der Waals surface area contributed by atoms with Crippen molar-refractivity contribution in [2.75, 3.05) is 18.5 Å². The molecule has 30 heavy (non-hydrogen) atoms. The number of ether oxygens (including phenoxy) is 1. The van der Waals surface area contributed by atoms with Crippen LogP contribution in [0.1, 0.15) is 18.9 Å². The van der Waals surface area contributed by atoms with Crippen LogP contribution in [0.4, 0.5) is 10.5 Å². The molecule has 3 amide bonds. The Hall–Kier alpha value is -2.29. The highest BCUT2D eigenvalue weighted by Crippen LogP contribution is 2.32. The van der Waals surface area contributed by atoms with Crippen molar-refractivity contribution in [3.05, 3.63) is 62.4 Å². The Bertz CT molecular complexity index is 1010. The molecule has 0 unspecified atom stereocenters. The number of nitrogens with zero attached hydrogens (tertiary/aromatic N) is 1. The fourth-order valence-electron chi connectivity index (χ4n) is 2.59. The van der Waals surface area contributed by atoms with Crippen LogP contribution in [-0.4, -0.2) is 35.1 Å². The van der Waals surface area contributed by atoms with Gasteiger partial charge in [0.15, 0.2) is 0 Å². The van der Waals surface area contributed by atoms with E-state index in [1.165, 1.54) is 0 Å². The molecule has 0 aliphatic carbocycles. The summed E-state index contributed by atoms with van der Waals surface area (Å²) in [6, 6.07) is 12.2. The van der Waals surface area contributed by atoms with Gasteiger partial charge in [0.25, 0.3) is 11.1 Å². The first-order chi connectivity index (χ1) is 14.4. The Labute approximate surface area is 191 Å². The quantitative estimate of drug-likeness (QED) is 0.494. The number of anilines is 1. The fourth-order valence-corrected chi connectivity index (χ4v) is 3.85. The minimum absolute atomic E-state index is 0.265. The molecular formula is C21H18BrClN2O4S. The molecule has 9 heteroatoms. The van der Waals surface area contributed by atoms with Crippen LogP contribution in [-0.2, 0) is 9.59 Å². The van der Waals surface area contributed by atoms with Crippen LogP contribution < -0.4 is 10.1 Å². The molecule has 0 radical (unpaired) electrons. The summed E-state index contributed by atoms with van der Waals surface area (Å²) in [5.74, 6) is -0.249. The van der Waals surface area contributed by atoms with Gasteiger partial charge in [-0.1, -0.05) is 30.7 Å². The number of hydrogen-bond acceptors (Lipinski definition) is 5. The van der Waals surface area contributed by atoms with Gasteiger partial charge >= 0.3 is 0 Å². The number of benzene rings is 2. The minimum atomic E-state index is -0.500. The van der Waals surface area contributed by atoms with E-state index < -0.39 is 17.1 Å². The lowest BCUT2D eigenvalue weighted by Gasteiger charge is -2.12. The fraction of sp³-hybridized carbons (Fsp3) is 0.190. The molecule has 3 rings (SSSR count). The first-order valence-electron chi connectivity index (χ1n) is 9.10. The molecule has 1 saturated heterocycles. The van der Waals surface area contributed by atoms with Crippen LogP contribution in [0.25, 0.3) is 6.08 Å². The predicted octanol–water partition coefficient (Wildman–Crippen LogP) is 5.57. The summed E-state index contributed by atoms with van der Waals surface area (Å²) in [4.78, 5) is 38.3. The average Bonchev–Trinajstić information content (AvgIpc) is 2.97. The third-order valence-electron chi connectivity index (χ3n) is 4.03. The molecule has 6 nitrogen and oxygen atoms in total. The summed E-state index contributed by atoms with van der Waals surface area (Å²) in [7, 11) is 0. The number of imide groups is 1. The topological polar surface area (TPSA) is 75.7 Å². The normalized spacial score (nSPS) is 15.0. The van der Waals surface area contributed by atoms with Crippen LogP contribution in [0, 0.1) is 0 Å². The standard InChI is InChI=1S/C21H18BrClN2O4S/c1-2-9-29-15-6-3-13(4-7-15)10-18-20(27)25(21(28)30-18)12-19(26)24-14-5-8-16(22)17(23)11-14/h3-8,10-11H,2,9,12H2,1H3,(H,24,26)/b18-10-. The average molecular weight is 510 g/mol. The smallest absolute Gasteiger partial charge is 0.294 e. The molecule has 1 N–H and O–H groups in total. The Kier molecular flexibility index (Phi) is 7.58. The first-order valence-corrected chi connectivity index (χ1v) is 11.1. The minimum Gasteiger partial charge on any atom is -0.494 e. The molecule has 0 aromatic heterocycles. The third-order valence-corrected chi connectivity index (χ3v) is 6.17. The second-order valence-corrected chi connectivity index (χ2v) is 8.62. The van der Waals surface area contributed by atoms with E-state index in [-0.39, 0.29) is 11.4 Å². The molecule has 1 fully saturated rings. The van der Waals surface area contributed by atoms with Gasteiger partial charge in [-0.2, -0.15) is 0 Å². The van der Waals surface area contributed by atoms with E-state index in [9.17, 15) is 14.4 Å². The zero-order chi connectivity index (χ0) is 21.7. The molecular weight excluding hydrogens is 492 g/mol. The zero-order valence-electron chi connectivity index (χ0n) is 16.0. The van der Waals surface area contributed by atoms with Crippen LogP contribution >= 0.6 is 39.3 Å². The highest BCUT2D eigenvalue weighted by atomic mass is 79.9. The van der Waals surface area contributed by atoms with Crippen molar-refractivity contribution in [1.82, 2.24) is 4.90 Å². The first kappa shape index (κ1) is 22.4. The number of carbonyl (C=O) groups is 3. The molecule has 2 aromatic rings. The second-order valence-electron chi connectivity index (χ2n) is 6.36. The van der Waals surface area contributed by atoms with Gasteiger partial charge in [-0.15, -0.1) is 0 Å². The van der Waals surface area contributed by atoms with Gasteiger partial charge in [-0.25, -0.2) is 0 Å². The van der Waals surface area contributed by atoms with E-state index in [1.807, 2.05) is 31.2 Å². The number of hydrogen-bond donors (Lipinski definition) is 1. The molecule has 0 saturated carbocycles. The predicted molar refractivity (Wildman–Crippen MR) is 123 cm³/mol. The van der Waals surface area contributed by atoms with E-state index in [0.717, 1.165) is 34.4 Å². The maximum absolute atomic E-state index is 12.6.